The first kappa shape index (κ1) is 21.5. The highest BCUT2D eigenvalue weighted by Crippen LogP contribution is 2.31. The van der Waals surface area contributed by atoms with Crippen LogP contribution >= 0.6 is 12.4 Å². The average molecular weight is 396 g/mol. The number of rotatable bonds is 7. The van der Waals surface area contributed by atoms with Crippen LogP contribution in [0.5, 0.6) is 5.75 Å². The molecule has 2 fully saturated rings. The maximum atomic E-state index is 12.5. The van der Waals surface area contributed by atoms with Crippen LogP contribution in [0, 0.1) is 5.92 Å². The van der Waals surface area contributed by atoms with Gasteiger partial charge in [-0.1, -0.05) is 18.2 Å². The van der Waals surface area contributed by atoms with Crippen LogP contribution in [0.3, 0.4) is 0 Å². The van der Waals surface area contributed by atoms with E-state index in [1.807, 2.05) is 40.1 Å². The van der Waals surface area contributed by atoms with Crippen molar-refractivity contribution in [3.05, 3.63) is 30.3 Å². The highest BCUT2D eigenvalue weighted by atomic mass is 35.5. The third-order valence-electron chi connectivity index (χ3n) is 5.41. The van der Waals surface area contributed by atoms with E-state index >= 15 is 0 Å². The lowest BCUT2D eigenvalue weighted by atomic mass is 9.83. The summed E-state index contributed by atoms with van der Waals surface area (Å²) in [5, 5.41) is 0. The summed E-state index contributed by atoms with van der Waals surface area (Å²) in [5.74, 6) is 1.64. The zero-order valence-electron chi connectivity index (χ0n) is 15.7. The van der Waals surface area contributed by atoms with Gasteiger partial charge in [-0.2, -0.15) is 0 Å². The quantitative estimate of drug-likeness (QED) is 0.717. The summed E-state index contributed by atoms with van der Waals surface area (Å²) in [5.41, 5.74) is 5.66. The molecule has 1 aromatic rings. The maximum Gasteiger partial charge on any atom is 0.222 e. The number of nitrogens with two attached hydrogens (primary N) is 1. The first-order valence-corrected chi connectivity index (χ1v) is 9.64. The Bertz CT molecular complexity index is 614. The van der Waals surface area contributed by atoms with E-state index < -0.39 is 0 Å². The Morgan fingerprint density at radius 1 is 1.22 bits per heavy atom. The minimum absolute atomic E-state index is 0. The number of hydrogen-bond acceptors (Lipinski definition) is 4. The molecule has 2 atom stereocenters. The lowest BCUT2D eigenvalue weighted by Crippen LogP contribution is -2.57. The van der Waals surface area contributed by atoms with Crippen molar-refractivity contribution in [2.45, 2.75) is 38.1 Å². The summed E-state index contributed by atoms with van der Waals surface area (Å²) in [7, 11) is 0. The Kier molecular flexibility index (Phi) is 8.38. The first-order chi connectivity index (χ1) is 12.7. The van der Waals surface area contributed by atoms with Crippen molar-refractivity contribution in [3.8, 4) is 5.75 Å². The molecule has 0 spiro atoms. The number of benzene rings is 1. The molecule has 0 radical (unpaired) electrons. The van der Waals surface area contributed by atoms with E-state index in [0.29, 0.717) is 38.5 Å². The smallest absolute Gasteiger partial charge is 0.222 e. The van der Waals surface area contributed by atoms with Gasteiger partial charge >= 0.3 is 0 Å². The summed E-state index contributed by atoms with van der Waals surface area (Å²) in [4.78, 5) is 28.6. The van der Waals surface area contributed by atoms with E-state index in [4.69, 9.17) is 10.5 Å². The van der Waals surface area contributed by atoms with Gasteiger partial charge in [0.2, 0.25) is 11.8 Å². The second-order valence-corrected chi connectivity index (χ2v) is 7.14. The average Bonchev–Trinajstić information content (AvgIpc) is 2.68. The molecule has 0 aliphatic carbocycles. The molecule has 150 valence electrons. The molecule has 2 amide bonds. The predicted molar refractivity (Wildman–Crippen MR) is 107 cm³/mol. The van der Waals surface area contributed by atoms with Crippen LogP contribution in [0.2, 0.25) is 0 Å². The van der Waals surface area contributed by atoms with Crippen LogP contribution in [0.25, 0.3) is 0 Å². The molecule has 0 saturated carbocycles. The van der Waals surface area contributed by atoms with Crippen LogP contribution in [-0.2, 0) is 9.59 Å². The van der Waals surface area contributed by atoms with Gasteiger partial charge in [-0.25, -0.2) is 0 Å². The first-order valence-electron chi connectivity index (χ1n) is 9.64. The zero-order chi connectivity index (χ0) is 18.4. The molecule has 1 aromatic carbocycles. The number of piperidine rings is 2. The van der Waals surface area contributed by atoms with E-state index in [1.165, 1.54) is 0 Å². The van der Waals surface area contributed by atoms with Crippen LogP contribution in [-0.4, -0.2) is 60.4 Å². The molecule has 0 unspecified atom stereocenters. The molecular weight excluding hydrogens is 366 g/mol. The van der Waals surface area contributed by atoms with E-state index in [1.54, 1.807) is 0 Å². The number of carbonyl (C=O) groups excluding carboxylic acids is 2. The van der Waals surface area contributed by atoms with Gasteiger partial charge < -0.3 is 20.3 Å². The van der Waals surface area contributed by atoms with Gasteiger partial charge in [0.05, 0.1) is 6.61 Å². The molecule has 0 bridgehead atoms. The highest BCUT2D eigenvalue weighted by Gasteiger charge is 2.39. The molecule has 27 heavy (non-hydrogen) atoms. The van der Waals surface area contributed by atoms with Crippen molar-refractivity contribution >= 4 is 24.2 Å². The fourth-order valence-electron chi connectivity index (χ4n) is 4.10. The summed E-state index contributed by atoms with van der Waals surface area (Å²) in [6.45, 7) is 3.17. The number of para-hydroxylation sites is 1. The summed E-state index contributed by atoms with van der Waals surface area (Å²) in [6.07, 6.45) is 3.55. The minimum atomic E-state index is 0. The fourth-order valence-corrected chi connectivity index (χ4v) is 4.10. The number of fused-ring (bicyclic) bond motifs is 1. The minimum Gasteiger partial charge on any atom is -0.494 e. The highest BCUT2D eigenvalue weighted by molar-refractivity contribution is 5.85. The Balaban J connectivity index is 0.00000261. The van der Waals surface area contributed by atoms with Crippen molar-refractivity contribution in [2.75, 3.05) is 32.8 Å². The zero-order valence-corrected chi connectivity index (χ0v) is 16.5. The fraction of sp³-hybridized carbons (Fsp3) is 0.600. The second-order valence-electron chi connectivity index (χ2n) is 7.14. The molecule has 0 aromatic heterocycles. The van der Waals surface area contributed by atoms with Gasteiger partial charge in [0.15, 0.2) is 0 Å². The van der Waals surface area contributed by atoms with Crippen LogP contribution in [0.15, 0.2) is 30.3 Å². The molecule has 7 heteroatoms. The SMILES string of the molecule is Cl.NCCN1C(=O)CC[C@H]2CN(C(=O)CCCOc3ccccc3)CC[C@H]21. The normalized spacial score (nSPS) is 22.0. The van der Waals surface area contributed by atoms with E-state index in [2.05, 4.69) is 0 Å². The number of amides is 2. The molecule has 2 N–H and O–H groups in total. The second kappa shape index (κ2) is 10.5. The molecule has 2 heterocycles. The third-order valence-corrected chi connectivity index (χ3v) is 5.41. The Morgan fingerprint density at radius 3 is 2.74 bits per heavy atom. The standard InChI is InChI=1S/C20H29N3O3.ClH/c21-11-13-23-18-10-12-22(15-16(18)8-9-20(23)25)19(24)7-4-14-26-17-5-2-1-3-6-17;/h1-3,5-6,16,18H,4,7-15,21H2;1H/t16-,18+;/m0./s1. The van der Waals surface area contributed by atoms with Gasteiger partial charge in [0, 0.05) is 45.1 Å². The van der Waals surface area contributed by atoms with Crippen LogP contribution in [0.1, 0.15) is 32.1 Å². The molecule has 3 rings (SSSR count). The lowest BCUT2D eigenvalue weighted by molar-refractivity contribution is -0.144. The van der Waals surface area contributed by atoms with Crippen LogP contribution in [0.4, 0.5) is 0 Å². The van der Waals surface area contributed by atoms with E-state index in [9.17, 15) is 9.59 Å². The number of halogens is 1. The van der Waals surface area contributed by atoms with Gasteiger partial charge in [0.25, 0.3) is 0 Å². The van der Waals surface area contributed by atoms with Crippen molar-refractivity contribution in [1.82, 2.24) is 9.80 Å². The van der Waals surface area contributed by atoms with Gasteiger partial charge in [-0.3, -0.25) is 9.59 Å². The lowest BCUT2D eigenvalue weighted by Gasteiger charge is -2.47. The molecule has 6 nitrogen and oxygen atoms in total. The number of hydrogen-bond donors (Lipinski definition) is 1. The van der Waals surface area contributed by atoms with Crippen LogP contribution < -0.4 is 10.5 Å². The third kappa shape index (κ3) is 5.59. The molecule has 2 aliphatic rings. The largest absolute Gasteiger partial charge is 0.494 e. The molecule has 2 aliphatic heterocycles. The summed E-state index contributed by atoms with van der Waals surface area (Å²) in [6, 6.07) is 9.92. The Morgan fingerprint density at radius 2 is 2.00 bits per heavy atom. The Labute approximate surface area is 167 Å². The van der Waals surface area contributed by atoms with Gasteiger partial charge in [-0.05, 0) is 37.3 Å². The van der Waals surface area contributed by atoms with E-state index in [0.717, 1.165) is 38.1 Å². The van der Waals surface area contributed by atoms with E-state index in [-0.39, 0.29) is 30.3 Å². The van der Waals surface area contributed by atoms with Crippen molar-refractivity contribution in [2.24, 2.45) is 11.7 Å². The number of nitrogens with zero attached hydrogens (tertiary/aromatic N) is 2. The predicted octanol–water partition coefficient (Wildman–Crippen LogP) is 2.07. The topological polar surface area (TPSA) is 75.9 Å². The number of ether oxygens (including phenoxy) is 1. The van der Waals surface area contributed by atoms with Crippen molar-refractivity contribution in [3.63, 3.8) is 0 Å². The summed E-state index contributed by atoms with van der Waals surface area (Å²) >= 11 is 0. The van der Waals surface area contributed by atoms with Gasteiger partial charge in [-0.15, -0.1) is 12.4 Å². The van der Waals surface area contributed by atoms with Gasteiger partial charge in [0.1, 0.15) is 5.75 Å². The van der Waals surface area contributed by atoms with Crippen molar-refractivity contribution < 1.29 is 14.3 Å². The number of carbonyl (C=O) groups is 2. The monoisotopic (exact) mass is 395 g/mol. The number of likely N-dealkylation sites (tertiary alicyclic amines) is 2. The molecular formula is C20H30ClN3O3. The summed E-state index contributed by atoms with van der Waals surface area (Å²) < 4.78 is 5.66. The molecule has 2 saturated heterocycles. The maximum absolute atomic E-state index is 12.5. The van der Waals surface area contributed by atoms with Crippen molar-refractivity contribution in [1.29, 1.82) is 0 Å². The Hall–Kier alpha value is -1.79.